The Morgan fingerprint density at radius 3 is 1.84 bits per heavy atom. The van der Waals surface area contributed by atoms with Crippen LogP contribution in [-0.2, 0) is 0 Å². The standard InChI is InChI=1S/C28H32ClNO2/c1-3-5-19-31-23-14-10-21(11-15-23)28(22-12-16-24(17-13-22)32-20-18-30)25(4-2)26-8-6-7-9-27(26)29/h6-17H,3-5,18-20,30H2,1-2H3/b28-25-. The van der Waals surface area contributed by atoms with Crippen LogP contribution in [0.1, 0.15) is 49.8 Å². The van der Waals surface area contributed by atoms with Gasteiger partial charge >= 0.3 is 0 Å². The normalized spacial score (nSPS) is 11.8. The third-order valence-electron chi connectivity index (χ3n) is 5.29. The molecule has 0 aliphatic rings. The maximum Gasteiger partial charge on any atom is 0.119 e. The van der Waals surface area contributed by atoms with E-state index in [4.69, 9.17) is 26.8 Å². The number of ether oxygens (including phenoxy) is 2. The van der Waals surface area contributed by atoms with Gasteiger partial charge in [-0.3, -0.25) is 0 Å². The van der Waals surface area contributed by atoms with E-state index in [2.05, 4.69) is 44.2 Å². The van der Waals surface area contributed by atoms with E-state index in [-0.39, 0.29) is 0 Å². The monoisotopic (exact) mass is 449 g/mol. The molecule has 0 atom stereocenters. The van der Waals surface area contributed by atoms with Gasteiger partial charge < -0.3 is 15.2 Å². The van der Waals surface area contributed by atoms with E-state index in [1.165, 1.54) is 5.57 Å². The third kappa shape index (κ3) is 6.15. The van der Waals surface area contributed by atoms with E-state index >= 15 is 0 Å². The van der Waals surface area contributed by atoms with Crippen LogP contribution in [0.2, 0.25) is 5.02 Å². The minimum atomic E-state index is 0.492. The molecule has 0 unspecified atom stereocenters. The van der Waals surface area contributed by atoms with Gasteiger partial charge in [0.05, 0.1) is 6.61 Å². The van der Waals surface area contributed by atoms with Crippen molar-refractivity contribution in [3.05, 3.63) is 94.5 Å². The molecule has 0 amide bonds. The second-order valence-corrected chi connectivity index (χ2v) is 7.98. The molecule has 3 aromatic carbocycles. The van der Waals surface area contributed by atoms with Crippen molar-refractivity contribution in [3.63, 3.8) is 0 Å². The summed E-state index contributed by atoms with van der Waals surface area (Å²) < 4.78 is 11.5. The van der Waals surface area contributed by atoms with Crippen molar-refractivity contribution in [2.45, 2.75) is 33.1 Å². The summed E-state index contributed by atoms with van der Waals surface area (Å²) in [5, 5.41) is 0.754. The molecule has 4 heteroatoms. The molecule has 168 valence electrons. The van der Waals surface area contributed by atoms with Crippen LogP contribution in [0.25, 0.3) is 11.1 Å². The highest BCUT2D eigenvalue weighted by Crippen LogP contribution is 2.38. The topological polar surface area (TPSA) is 44.5 Å². The molecule has 0 fully saturated rings. The molecule has 0 radical (unpaired) electrons. The van der Waals surface area contributed by atoms with Crippen LogP contribution in [0, 0.1) is 0 Å². The van der Waals surface area contributed by atoms with Crippen molar-refractivity contribution in [3.8, 4) is 11.5 Å². The van der Waals surface area contributed by atoms with Crippen molar-refractivity contribution >= 4 is 22.7 Å². The number of halogens is 1. The van der Waals surface area contributed by atoms with Crippen molar-refractivity contribution in [2.24, 2.45) is 5.73 Å². The Balaban J connectivity index is 2.06. The lowest BCUT2D eigenvalue weighted by molar-refractivity contribution is 0.309. The van der Waals surface area contributed by atoms with E-state index in [0.717, 1.165) is 64.7 Å². The highest BCUT2D eigenvalue weighted by atomic mass is 35.5. The van der Waals surface area contributed by atoms with Crippen molar-refractivity contribution < 1.29 is 9.47 Å². The van der Waals surface area contributed by atoms with Gasteiger partial charge in [0, 0.05) is 11.6 Å². The van der Waals surface area contributed by atoms with Gasteiger partial charge in [0.2, 0.25) is 0 Å². The van der Waals surface area contributed by atoms with Gasteiger partial charge in [-0.15, -0.1) is 0 Å². The summed E-state index contributed by atoms with van der Waals surface area (Å²) in [4.78, 5) is 0. The van der Waals surface area contributed by atoms with Gasteiger partial charge in [-0.2, -0.15) is 0 Å². The van der Waals surface area contributed by atoms with E-state index in [1.807, 2.05) is 42.5 Å². The Bertz CT molecular complexity index is 1010. The molecule has 3 nitrogen and oxygen atoms in total. The smallest absolute Gasteiger partial charge is 0.119 e. The summed E-state index contributed by atoms with van der Waals surface area (Å²) in [5.74, 6) is 1.71. The van der Waals surface area contributed by atoms with Crippen LogP contribution in [0.5, 0.6) is 11.5 Å². The first-order valence-electron chi connectivity index (χ1n) is 11.3. The number of hydrogen-bond donors (Lipinski definition) is 1. The summed E-state index contributed by atoms with van der Waals surface area (Å²) in [6.45, 7) is 6.06. The van der Waals surface area contributed by atoms with E-state index in [1.54, 1.807) is 0 Å². The maximum atomic E-state index is 6.61. The number of rotatable bonds is 11. The molecule has 0 aliphatic heterocycles. The van der Waals surface area contributed by atoms with Gasteiger partial charge in [0.1, 0.15) is 18.1 Å². The highest BCUT2D eigenvalue weighted by Gasteiger charge is 2.15. The van der Waals surface area contributed by atoms with Gasteiger partial charge in [-0.05, 0) is 71.0 Å². The van der Waals surface area contributed by atoms with E-state index in [0.29, 0.717) is 13.2 Å². The predicted octanol–water partition coefficient (Wildman–Crippen LogP) is 7.23. The minimum absolute atomic E-state index is 0.492. The summed E-state index contributed by atoms with van der Waals surface area (Å²) in [6.07, 6.45) is 3.02. The molecule has 3 aromatic rings. The average Bonchev–Trinajstić information content (AvgIpc) is 2.83. The number of allylic oxidation sites excluding steroid dienone is 1. The fourth-order valence-corrected chi connectivity index (χ4v) is 3.92. The predicted molar refractivity (Wildman–Crippen MR) is 135 cm³/mol. The van der Waals surface area contributed by atoms with Gasteiger partial charge in [-0.25, -0.2) is 0 Å². The SMILES string of the molecule is CCCCOc1ccc(/C(=C(\CC)c2ccccc2Cl)c2ccc(OCCN)cc2)cc1. The molecule has 0 spiro atoms. The fraction of sp³-hybridized carbons (Fsp3) is 0.286. The molecule has 0 bridgehead atoms. The minimum Gasteiger partial charge on any atom is -0.494 e. The Kier molecular flexibility index (Phi) is 9.21. The molecule has 3 rings (SSSR count). The molecule has 2 N–H and O–H groups in total. The highest BCUT2D eigenvalue weighted by molar-refractivity contribution is 6.32. The van der Waals surface area contributed by atoms with Crippen LogP contribution in [-0.4, -0.2) is 19.8 Å². The van der Waals surface area contributed by atoms with Crippen LogP contribution < -0.4 is 15.2 Å². The Morgan fingerprint density at radius 2 is 1.34 bits per heavy atom. The molecule has 0 saturated carbocycles. The largest absolute Gasteiger partial charge is 0.494 e. The number of benzene rings is 3. The Morgan fingerprint density at radius 1 is 0.781 bits per heavy atom. The van der Waals surface area contributed by atoms with Gasteiger partial charge in [-0.1, -0.05) is 74.3 Å². The lowest BCUT2D eigenvalue weighted by Gasteiger charge is -2.18. The molecular weight excluding hydrogens is 418 g/mol. The summed E-state index contributed by atoms with van der Waals surface area (Å²) >= 11 is 6.61. The van der Waals surface area contributed by atoms with E-state index < -0.39 is 0 Å². The first kappa shape index (κ1) is 23.9. The van der Waals surface area contributed by atoms with Crippen LogP contribution in [0.4, 0.5) is 0 Å². The maximum absolute atomic E-state index is 6.61. The van der Waals surface area contributed by atoms with Crippen molar-refractivity contribution in [2.75, 3.05) is 19.8 Å². The molecule has 0 heterocycles. The van der Waals surface area contributed by atoms with E-state index in [9.17, 15) is 0 Å². The fourth-order valence-electron chi connectivity index (χ4n) is 3.67. The second kappa shape index (κ2) is 12.3. The summed E-state index contributed by atoms with van der Waals surface area (Å²) in [5.41, 5.74) is 11.2. The first-order chi connectivity index (χ1) is 15.7. The number of unbranched alkanes of at least 4 members (excludes halogenated alkanes) is 1. The Hall–Kier alpha value is -2.75. The van der Waals surface area contributed by atoms with Crippen LogP contribution in [0.3, 0.4) is 0 Å². The number of nitrogens with two attached hydrogens (primary N) is 1. The van der Waals surface area contributed by atoms with Gasteiger partial charge in [0.25, 0.3) is 0 Å². The Labute approximate surface area is 196 Å². The lowest BCUT2D eigenvalue weighted by atomic mass is 9.88. The van der Waals surface area contributed by atoms with Crippen LogP contribution in [0.15, 0.2) is 72.8 Å². The molecular formula is C28H32ClNO2. The average molecular weight is 450 g/mol. The quantitative estimate of drug-likeness (QED) is 0.248. The van der Waals surface area contributed by atoms with Crippen LogP contribution >= 0.6 is 11.6 Å². The molecule has 0 aliphatic carbocycles. The lowest BCUT2D eigenvalue weighted by Crippen LogP contribution is -2.10. The van der Waals surface area contributed by atoms with Gasteiger partial charge in [0.15, 0.2) is 0 Å². The molecule has 0 aromatic heterocycles. The summed E-state index contributed by atoms with van der Waals surface area (Å²) in [6, 6.07) is 24.5. The van der Waals surface area contributed by atoms with Crippen molar-refractivity contribution in [1.82, 2.24) is 0 Å². The molecule has 32 heavy (non-hydrogen) atoms. The summed E-state index contributed by atoms with van der Waals surface area (Å²) in [7, 11) is 0. The molecule has 0 saturated heterocycles. The zero-order valence-corrected chi connectivity index (χ0v) is 19.7. The van der Waals surface area contributed by atoms with Crippen molar-refractivity contribution in [1.29, 1.82) is 0 Å². The zero-order chi connectivity index (χ0) is 22.8. The zero-order valence-electron chi connectivity index (χ0n) is 18.9. The second-order valence-electron chi connectivity index (χ2n) is 7.57. The number of hydrogen-bond acceptors (Lipinski definition) is 3. The first-order valence-corrected chi connectivity index (χ1v) is 11.7. The third-order valence-corrected chi connectivity index (χ3v) is 5.62.